The minimum atomic E-state index is -0.448. The van der Waals surface area contributed by atoms with Crippen molar-refractivity contribution in [1.29, 1.82) is 0 Å². The summed E-state index contributed by atoms with van der Waals surface area (Å²) < 4.78 is 0. The van der Waals surface area contributed by atoms with Crippen molar-refractivity contribution in [3.63, 3.8) is 0 Å². The number of halogens is 2. The number of nitrogens with zero attached hydrogens (tertiary/aromatic N) is 4. The van der Waals surface area contributed by atoms with Gasteiger partial charge in [0.1, 0.15) is 23.1 Å². The molecule has 0 aromatic heterocycles. The largest absolute Gasteiger partial charge is 0.289 e. The van der Waals surface area contributed by atoms with Crippen LogP contribution < -0.4 is 9.80 Å². The van der Waals surface area contributed by atoms with Gasteiger partial charge in [-0.05, 0) is 65.7 Å². The molecule has 2 aliphatic heterocycles. The Bertz CT molecular complexity index is 2550. The number of amidine groups is 2. The molecule has 2 heterocycles. The zero-order valence-corrected chi connectivity index (χ0v) is 29.9. The fourth-order valence-electron chi connectivity index (χ4n) is 6.26. The van der Waals surface area contributed by atoms with E-state index in [2.05, 4.69) is 0 Å². The van der Waals surface area contributed by atoms with E-state index < -0.39 is 11.8 Å². The van der Waals surface area contributed by atoms with E-state index >= 15 is 0 Å². The van der Waals surface area contributed by atoms with Crippen LogP contribution in [0.3, 0.4) is 0 Å². The number of ketones is 1. The van der Waals surface area contributed by atoms with Crippen LogP contribution in [0, 0.1) is 0 Å². The first-order chi connectivity index (χ1) is 26.3. The summed E-state index contributed by atoms with van der Waals surface area (Å²) in [5, 5.41) is 1.13. The van der Waals surface area contributed by atoms with Crippen molar-refractivity contribution in [3.05, 3.63) is 213 Å². The van der Waals surface area contributed by atoms with Crippen LogP contribution in [-0.2, 0) is 9.59 Å². The Morgan fingerprint density at radius 2 is 0.907 bits per heavy atom. The second-order valence-corrected chi connectivity index (χ2v) is 13.3. The molecule has 0 spiro atoms. The Morgan fingerprint density at radius 3 is 1.37 bits per heavy atom. The van der Waals surface area contributed by atoms with E-state index in [1.54, 1.807) is 103 Å². The Hall–Kier alpha value is -6.67. The number of hydrogen-bond acceptors (Lipinski definition) is 5. The second kappa shape index (κ2) is 14.8. The molecule has 0 bridgehead atoms. The molecular formula is C45H28Cl2N4O3. The lowest BCUT2D eigenvalue weighted by Gasteiger charge is -2.27. The molecule has 54 heavy (non-hydrogen) atoms. The van der Waals surface area contributed by atoms with E-state index in [1.807, 2.05) is 66.7 Å². The number of anilines is 2. The van der Waals surface area contributed by atoms with Gasteiger partial charge < -0.3 is 0 Å². The molecule has 6 aromatic rings. The predicted molar refractivity (Wildman–Crippen MR) is 216 cm³/mol. The molecule has 0 radical (unpaired) electrons. The molecule has 9 heteroatoms. The summed E-state index contributed by atoms with van der Waals surface area (Å²) in [6, 6.07) is 46.7. The van der Waals surface area contributed by atoms with Crippen LogP contribution in [0.1, 0.15) is 38.2 Å². The third-order valence-electron chi connectivity index (χ3n) is 8.89. The van der Waals surface area contributed by atoms with E-state index in [9.17, 15) is 14.4 Å². The predicted octanol–water partition coefficient (Wildman–Crippen LogP) is 9.89. The molecule has 0 aliphatic carbocycles. The number of aliphatic imine (C=N–C) groups is 2. The van der Waals surface area contributed by atoms with E-state index in [-0.39, 0.29) is 22.9 Å². The maximum Gasteiger partial charge on any atom is 0.282 e. The fraction of sp³-hybridized carbons (Fsp3) is 0. The van der Waals surface area contributed by atoms with Crippen LogP contribution in [0.5, 0.6) is 0 Å². The van der Waals surface area contributed by atoms with Crippen molar-refractivity contribution in [2.24, 2.45) is 9.98 Å². The lowest BCUT2D eigenvalue weighted by Crippen LogP contribution is -2.38. The highest BCUT2D eigenvalue weighted by Crippen LogP contribution is 2.40. The van der Waals surface area contributed by atoms with Crippen LogP contribution >= 0.6 is 23.2 Å². The molecule has 0 saturated carbocycles. The van der Waals surface area contributed by atoms with Crippen molar-refractivity contribution in [1.82, 2.24) is 0 Å². The molecular weight excluding hydrogens is 715 g/mol. The highest BCUT2D eigenvalue weighted by molar-refractivity contribution is 6.38. The van der Waals surface area contributed by atoms with Gasteiger partial charge in [0.2, 0.25) is 0 Å². The highest BCUT2D eigenvalue weighted by atomic mass is 35.5. The first kappa shape index (κ1) is 34.4. The third kappa shape index (κ3) is 6.81. The van der Waals surface area contributed by atoms with Gasteiger partial charge in [-0.2, -0.15) is 0 Å². The number of carbonyl (C=O) groups is 3. The Kier molecular flexibility index (Phi) is 9.40. The summed E-state index contributed by atoms with van der Waals surface area (Å²) in [5.41, 5.74) is 4.52. The average Bonchev–Trinajstić information content (AvgIpc) is 3.71. The van der Waals surface area contributed by atoms with Gasteiger partial charge in [0, 0.05) is 32.3 Å². The Balaban J connectivity index is 1.34. The van der Waals surface area contributed by atoms with Gasteiger partial charge in [0.05, 0.1) is 11.4 Å². The highest BCUT2D eigenvalue weighted by Gasteiger charge is 2.39. The molecule has 7 nitrogen and oxygen atoms in total. The summed E-state index contributed by atoms with van der Waals surface area (Å²) in [6.07, 6.45) is 3.38. The second-order valence-electron chi connectivity index (χ2n) is 12.4. The summed E-state index contributed by atoms with van der Waals surface area (Å²) in [4.78, 5) is 56.0. The molecule has 2 amide bonds. The number of hydrogen-bond donors (Lipinski definition) is 0. The molecule has 0 saturated heterocycles. The van der Waals surface area contributed by atoms with Crippen molar-refractivity contribution >= 4 is 76.0 Å². The van der Waals surface area contributed by atoms with E-state index in [0.717, 1.165) is 11.1 Å². The number of carbonyl (C=O) groups excluding carboxylic acids is 3. The fourth-order valence-corrected chi connectivity index (χ4v) is 6.52. The number of benzene rings is 6. The summed E-state index contributed by atoms with van der Waals surface area (Å²) in [6.45, 7) is 0. The molecule has 8 rings (SSSR count). The molecule has 260 valence electrons. The van der Waals surface area contributed by atoms with Crippen molar-refractivity contribution < 1.29 is 14.4 Å². The molecule has 0 atom stereocenters. The average molecular weight is 744 g/mol. The van der Waals surface area contributed by atoms with Gasteiger partial charge in [-0.15, -0.1) is 0 Å². The number of rotatable bonds is 8. The van der Waals surface area contributed by atoms with Crippen LogP contribution in [-0.4, -0.2) is 29.3 Å². The minimum Gasteiger partial charge on any atom is -0.289 e. The van der Waals surface area contributed by atoms with E-state index in [0.29, 0.717) is 49.7 Å². The van der Waals surface area contributed by atoms with Crippen molar-refractivity contribution in [2.45, 2.75) is 0 Å². The first-order valence-electron chi connectivity index (χ1n) is 17.0. The SMILES string of the molecule is O=C(c1ccccc1)c1ccc(N2C(=O)/C(=C/c3ccc(Cl)cc3)N=C2c2ccccc2)c(N2C(=O)/C(=C/c3ccc(Cl)cc3)N=C2c2ccccc2)c1. The quantitative estimate of drug-likeness (QED) is 0.115. The van der Waals surface area contributed by atoms with Crippen LogP contribution in [0.4, 0.5) is 11.4 Å². The van der Waals surface area contributed by atoms with E-state index in [4.69, 9.17) is 33.2 Å². The molecule has 0 fully saturated rings. The van der Waals surface area contributed by atoms with Gasteiger partial charge in [-0.25, -0.2) is 9.98 Å². The van der Waals surface area contributed by atoms with Gasteiger partial charge in [0.25, 0.3) is 11.8 Å². The van der Waals surface area contributed by atoms with E-state index in [1.165, 1.54) is 9.80 Å². The van der Waals surface area contributed by atoms with Crippen LogP contribution in [0.15, 0.2) is 179 Å². The lowest BCUT2D eigenvalue weighted by atomic mass is 10.0. The first-order valence-corrected chi connectivity index (χ1v) is 17.7. The van der Waals surface area contributed by atoms with Gasteiger partial charge in [-0.3, -0.25) is 24.2 Å². The molecule has 0 unspecified atom stereocenters. The van der Waals surface area contributed by atoms with Gasteiger partial charge in [-0.1, -0.05) is 138 Å². The monoisotopic (exact) mass is 742 g/mol. The topological polar surface area (TPSA) is 82.4 Å². The van der Waals surface area contributed by atoms with Crippen molar-refractivity contribution in [2.75, 3.05) is 9.80 Å². The smallest absolute Gasteiger partial charge is 0.282 e. The zero-order chi connectivity index (χ0) is 37.2. The standard InChI is InChI=1S/C45H28Cl2N4O3/c46-35-21-16-29(17-22-35)26-37-44(53)50(42(48-37)32-12-6-2-7-13-32)39-25-20-34(41(52)31-10-4-1-5-11-31)28-40(39)51-43(33-14-8-3-9-15-33)49-38(45(51)54)27-30-18-23-36(47)24-19-30/h1-28H/b37-26-,38-27-. The summed E-state index contributed by atoms with van der Waals surface area (Å²) >= 11 is 12.3. The molecule has 2 aliphatic rings. The Labute approximate surface area is 321 Å². The summed E-state index contributed by atoms with van der Waals surface area (Å²) in [7, 11) is 0. The van der Waals surface area contributed by atoms with Crippen molar-refractivity contribution in [3.8, 4) is 0 Å². The molecule has 6 aromatic carbocycles. The normalized spacial score (nSPS) is 15.6. The summed E-state index contributed by atoms with van der Waals surface area (Å²) in [5.74, 6) is -0.442. The maximum atomic E-state index is 14.7. The Morgan fingerprint density at radius 1 is 0.481 bits per heavy atom. The zero-order valence-electron chi connectivity index (χ0n) is 28.4. The van der Waals surface area contributed by atoms with Gasteiger partial charge >= 0.3 is 0 Å². The van der Waals surface area contributed by atoms with Gasteiger partial charge in [0.15, 0.2) is 5.78 Å². The lowest BCUT2D eigenvalue weighted by molar-refractivity contribution is -0.114. The molecule has 0 N–H and O–H groups in total. The van der Waals surface area contributed by atoms with Crippen LogP contribution in [0.2, 0.25) is 10.0 Å². The minimum absolute atomic E-state index is 0.162. The third-order valence-corrected chi connectivity index (χ3v) is 9.39. The maximum absolute atomic E-state index is 14.7. The van der Waals surface area contributed by atoms with Crippen LogP contribution in [0.25, 0.3) is 12.2 Å². The number of amides is 2.